The van der Waals surface area contributed by atoms with Crippen molar-refractivity contribution in [2.24, 2.45) is 5.73 Å². The average molecular weight is 192 g/mol. The summed E-state index contributed by atoms with van der Waals surface area (Å²) in [5.74, 6) is 0.0126. The van der Waals surface area contributed by atoms with E-state index in [-0.39, 0.29) is 17.7 Å². The fraction of sp³-hybridized carbons (Fsp3) is 0.300. The zero-order valence-corrected chi connectivity index (χ0v) is 7.87. The van der Waals surface area contributed by atoms with E-state index >= 15 is 0 Å². The van der Waals surface area contributed by atoms with Crippen LogP contribution in [0.2, 0.25) is 0 Å². The molecule has 2 rings (SSSR count). The van der Waals surface area contributed by atoms with Gasteiger partial charge in [-0.1, -0.05) is 6.07 Å². The minimum absolute atomic E-state index is 0.0941. The molecule has 14 heavy (non-hydrogen) atoms. The molecule has 1 aliphatic heterocycles. The second kappa shape index (κ2) is 2.99. The molecule has 0 aliphatic carbocycles. The lowest BCUT2D eigenvalue weighted by atomic mass is 9.99. The lowest BCUT2D eigenvalue weighted by molar-refractivity contribution is -0.115. The molecule has 1 aromatic rings. The summed E-state index contributed by atoms with van der Waals surface area (Å²) in [4.78, 5) is 11.2. The predicted octanol–water partition coefficient (Wildman–Crippen LogP) is 0.907. The quantitative estimate of drug-likeness (QED) is 0.579. The van der Waals surface area contributed by atoms with Crippen molar-refractivity contribution in [3.8, 4) is 5.75 Å². The van der Waals surface area contributed by atoms with Gasteiger partial charge in [-0.3, -0.25) is 4.79 Å². The number of nitrogens with one attached hydrogen (secondary N) is 1. The molecule has 0 aromatic heterocycles. The maximum Gasteiger partial charge on any atom is 0.228 e. The van der Waals surface area contributed by atoms with Crippen LogP contribution in [0.4, 0.5) is 5.69 Å². The van der Waals surface area contributed by atoms with E-state index in [1.54, 1.807) is 12.1 Å². The number of hydrogen-bond donors (Lipinski definition) is 3. The minimum atomic E-state index is -0.128. The van der Waals surface area contributed by atoms with Gasteiger partial charge in [0.15, 0.2) is 0 Å². The Kier molecular flexibility index (Phi) is 1.93. The van der Waals surface area contributed by atoms with Gasteiger partial charge in [-0.2, -0.15) is 0 Å². The summed E-state index contributed by atoms with van der Waals surface area (Å²) in [5, 5.41) is 12.1. The van der Waals surface area contributed by atoms with E-state index in [9.17, 15) is 9.90 Å². The van der Waals surface area contributed by atoms with Gasteiger partial charge in [-0.05, 0) is 24.1 Å². The number of carbonyl (C=O) groups excluding carboxylic acids is 1. The number of hydrogen-bond acceptors (Lipinski definition) is 3. The number of phenols is 1. The predicted molar refractivity (Wildman–Crippen MR) is 53.0 cm³/mol. The molecule has 0 saturated carbocycles. The topological polar surface area (TPSA) is 75.3 Å². The third-order valence-electron chi connectivity index (χ3n) is 2.42. The highest BCUT2D eigenvalue weighted by Crippen LogP contribution is 2.36. The molecular formula is C10H12N2O2. The Balaban J connectivity index is 2.58. The Morgan fingerprint density at radius 1 is 1.57 bits per heavy atom. The van der Waals surface area contributed by atoms with Crippen LogP contribution in [0.25, 0.3) is 0 Å². The molecule has 0 radical (unpaired) electrons. The molecule has 0 bridgehead atoms. The fourth-order valence-electron chi connectivity index (χ4n) is 1.75. The molecule has 1 aromatic carbocycles. The van der Waals surface area contributed by atoms with Gasteiger partial charge in [0.25, 0.3) is 0 Å². The zero-order valence-electron chi connectivity index (χ0n) is 7.87. The van der Waals surface area contributed by atoms with Crippen molar-refractivity contribution in [1.29, 1.82) is 0 Å². The summed E-state index contributed by atoms with van der Waals surface area (Å²) in [5.41, 5.74) is 8.02. The van der Waals surface area contributed by atoms with Crippen molar-refractivity contribution in [2.45, 2.75) is 19.4 Å². The van der Waals surface area contributed by atoms with E-state index in [1.807, 2.05) is 6.92 Å². The van der Waals surface area contributed by atoms with Gasteiger partial charge in [-0.15, -0.1) is 0 Å². The number of amides is 1. The summed E-state index contributed by atoms with van der Waals surface area (Å²) in [6.07, 6.45) is 0.306. The molecule has 1 amide bonds. The maximum atomic E-state index is 11.2. The highest BCUT2D eigenvalue weighted by molar-refractivity contribution is 6.01. The van der Waals surface area contributed by atoms with Crippen LogP contribution in [-0.4, -0.2) is 11.0 Å². The van der Waals surface area contributed by atoms with Crippen molar-refractivity contribution in [3.05, 3.63) is 23.3 Å². The van der Waals surface area contributed by atoms with Gasteiger partial charge in [0.1, 0.15) is 5.75 Å². The van der Waals surface area contributed by atoms with Crippen LogP contribution in [0.1, 0.15) is 24.1 Å². The Bertz CT molecular complexity index is 399. The van der Waals surface area contributed by atoms with Gasteiger partial charge >= 0.3 is 0 Å². The Morgan fingerprint density at radius 3 is 2.93 bits per heavy atom. The highest BCUT2D eigenvalue weighted by Gasteiger charge is 2.24. The summed E-state index contributed by atoms with van der Waals surface area (Å²) in [7, 11) is 0. The molecule has 4 N–H and O–H groups in total. The second-order valence-corrected chi connectivity index (χ2v) is 3.54. The lowest BCUT2D eigenvalue weighted by Gasteiger charge is -2.11. The second-order valence-electron chi connectivity index (χ2n) is 3.54. The number of anilines is 1. The molecule has 0 spiro atoms. The lowest BCUT2D eigenvalue weighted by Crippen LogP contribution is -2.08. The van der Waals surface area contributed by atoms with Crippen LogP contribution in [0, 0.1) is 0 Å². The molecule has 1 unspecified atom stereocenters. The van der Waals surface area contributed by atoms with Crippen LogP contribution in [0.5, 0.6) is 5.75 Å². The normalized spacial score (nSPS) is 16.3. The third-order valence-corrected chi connectivity index (χ3v) is 2.42. The summed E-state index contributed by atoms with van der Waals surface area (Å²) in [6, 6.07) is 3.19. The van der Waals surface area contributed by atoms with Crippen LogP contribution in [0.3, 0.4) is 0 Å². The monoisotopic (exact) mass is 192 g/mol. The highest BCUT2D eigenvalue weighted by atomic mass is 16.3. The van der Waals surface area contributed by atoms with Gasteiger partial charge in [0, 0.05) is 6.04 Å². The molecule has 74 valence electrons. The van der Waals surface area contributed by atoms with E-state index in [0.717, 1.165) is 11.1 Å². The van der Waals surface area contributed by atoms with Gasteiger partial charge in [-0.25, -0.2) is 0 Å². The molecule has 1 aliphatic rings. The first-order valence-electron chi connectivity index (χ1n) is 4.49. The smallest absolute Gasteiger partial charge is 0.228 e. The summed E-state index contributed by atoms with van der Waals surface area (Å²) in [6.45, 7) is 1.86. The third kappa shape index (κ3) is 1.24. The van der Waals surface area contributed by atoms with Gasteiger partial charge < -0.3 is 16.2 Å². The van der Waals surface area contributed by atoms with Crippen LogP contribution in [0.15, 0.2) is 12.1 Å². The van der Waals surface area contributed by atoms with Crippen molar-refractivity contribution in [1.82, 2.24) is 0 Å². The van der Waals surface area contributed by atoms with Crippen molar-refractivity contribution < 1.29 is 9.90 Å². The van der Waals surface area contributed by atoms with E-state index in [0.29, 0.717) is 12.1 Å². The van der Waals surface area contributed by atoms with E-state index in [1.165, 1.54) is 0 Å². The first kappa shape index (κ1) is 9.02. The molecule has 1 atom stereocenters. The SMILES string of the molecule is CC(N)c1ccc(O)c2c1CC(=O)N2. The number of carbonyl (C=O) groups is 1. The van der Waals surface area contributed by atoms with Crippen LogP contribution in [-0.2, 0) is 11.2 Å². The van der Waals surface area contributed by atoms with Crippen LogP contribution < -0.4 is 11.1 Å². The minimum Gasteiger partial charge on any atom is -0.506 e. The van der Waals surface area contributed by atoms with Crippen molar-refractivity contribution >= 4 is 11.6 Å². The Hall–Kier alpha value is -1.55. The molecule has 4 nitrogen and oxygen atoms in total. The van der Waals surface area contributed by atoms with E-state index in [2.05, 4.69) is 5.32 Å². The molecular weight excluding hydrogens is 180 g/mol. The number of phenolic OH excluding ortho intramolecular Hbond substituents is 1. The molecule has 1 heterocycles. The standard InChI is InChI=1S/C10H12N2O2/c1-5(11)6-2-3-8(13)10-7(6)4-9(14)12-10/h2-3,5,13H,4,11H2,1H3,(H,12,14). The van der Waals surface area contributed by atoms with E-state index in [4.69, 9.17) is 5.73 Å². The number of rotatable bonds is 1. The van der Waals surface area contributed by atoms with Crippen molar-refractivity contribution in [2.75, 3.05) is 5.32 Å². The summed E-state index contributed by atoms with van der Waals surface area (Å²) < 4.78 is 0. The first-order chi connectivity index (χ1) is 6.59. The Morgan fingerprint density at radius 2 is 2.29 bits per heavy atom. The maximum absolute atomic E-state index is 11.2. The number of benzene rings is 1. The molecule has 0 fully saturated rings. The van der Waals surface area contributed by atoms with Crippen LogP contribution >= 0.6 is 0 Å². The van der Waals surface area contributed by atoms with Crippen molar-refractivity contribution in [3.63, 3.8) is 0 Å². The largest absolute Gasteiger partial charge is 0.506 e. The van der Waals surface area contributed by atoms with Gasteiger partial charge in [0.05, 0.1) is 12.1 Å². The number of fused-ring (bicyclic) bond motifs is 1. The Labute approximate surface area is 81.7 Å². The van der Waals surface area contributed by atoms with E-state index < -0.39 is 0 Å². The number of aromatic hydroxyl groups is 1. The summed E-state index contributed by atoms with van der Waals surface area (Å²) >= 11 is 0. The molecule has 4 heteroatoms. The van der Waals surface area contributed by atoms with Gasteiger partial charge in [0.2, 0.25) is 5.91 Å². The first-order valence-corrected chi connectivity index (χ1v) is 4.49. The fourth-order valence-corrected chi connectivity index (χ4v) is 1.75. The average Bonchev–Trinajstić information content (AvgIpc) is 2.47. The molecule has 0 saturated heterocycles. The zero-order chi connectivity index (χ0) is 10.3. The number of nitrogens with two attached hydrogens (primary N) is 1.